The first-order chi connectivity index (χ1) is 14.1. The minimum atomic E-state index is -0.499. The number of aromatic amines is 2. The molecule has 0 aromatic carbocycles. The summed E-state index contributed by atoms with van der Waals surface area (Å²) >= 11 is 0. The molecule has 0 amide bonds. The topological polar surface area (TPSA) is 151 Å². The van der Waals surface area contributed by atoms with Gasteiger partial charge in [-0.05, 0) is 31.8 Å². The number of rotatable bonds is 6. The van der Waals surface area contributed by atoms with Crippen molar-refractivity contribution in [2.75, 3.05) is 11.4 Å². The van der Waals surface area contributed by atoms with Gasteiger partial charge in [0.25, 0.3) is 5.62 Å². The van der Waals surface area contributed by atoms with Crippen LogP contribution in [0.15, 0.2) is 16.0 Å². The molecule has 2 fully saturated rings. The maximum atomic E-state index is 11.4. The van der Waals surface area contributed by atoms with E-state index in [1.807, 2.05) is 0 Å². The fraction of sp³-hybridized carbons (Fsp3) is 0.444. The number of aromatic hydroxyl groups is 1. The van der Waals surface area contributed by atoms with Crippen LogP contribution < -0.4 is 21.4 Å². The van der Waals surface area contributed by atoms with Crippen molar-refractivity contribution in [3.63, 3.8) is 0 Å². The van der Waals surface area contributed by atoms with Crippen LogP contribution in [0.3, 0.4) is 0 Å². The Morgan fingerprint density at radius 3 is 2.83 bits per heavy atom. The van der Waals surface area contributed by atoms with Crippen molar-refractivity contribution in [1.29, 1.82) is 5.26 Å². The van der Waals surface area contributed by atoms with E-state index in [4.69, 9.17) is 10.2 Å². The van der Waals surface area contributed by atoms with Crippen LogP contribution in [0.1, 0.15) is 37.8 Å². The van der Waals surface area contributed by atoms with Crippen LogP contribution in [-0.4, -0.2) is 53.3 Å². The molecular weight excluding hydrogens is 374 g/mol. The van der Waals surface area contributed by atoms with Crippen molar-refractivity contribution >= 4 is 17.7 Å². The lowest BCUT2D eigenvalue weighted by molar-refractivity contribution is 0.454. The Labute approximate surface area is 164 Å². The Balaban J connectivity index is 1.70. The van der Waals surface area contributed by atoms with Crippen molar-refractivity contribution in [3.8, 4) is 11.9 Å². The summed E-state index contributed by atoms with van der Waals surface area (Å²) in [4.78, 5) is 32.3. The van der Waals surface area contributed by atoms with Gasteiger partial charge in [-0.3, -0.25) is 4.98 Å². The Bertz CT molecular complexity index is 1290. The van der Waals surface area contributed by atoms with Gasteiger partial charge < -0.3 is 15.0 Å². The number of H-pyrrole nitrogens is 2. The standard InChI is InChI=1S/C18H19N9O2/c19-6-1-7-26(12-4-5-12)16-23-14-10(8-13-15(28)24-18(29)22-13)9-20-27(14)17(25-16)21-11-2-3-11/h8-9,11-12,28H,1-5,7H2,(H2,22,24,29)/b10-8+,21-17?. The number of anilines is 1. The van der Waals surface area contributed by atoms with Gasteiger partial charge >= 0.3 is 5.69 Å². The van der Waals surface area contributed by atoms with Gasteiger partial charge in [-0.2, -0.15) is 24.8 Å². The highest BCUT2D eigenvalue weighted by atomic mass is 16.3. The molecule has 148 valence electrons. The second-order valence-electron chi connectivity index (χ2n) is 7.34. The molecule has 2 aliphatic rings. The Kier molecular flexibility index (Phi) is 4.04. The molecule has 2 aliphatic carbocycles. The summed E-state index contributed by atoms with van der Waals surface area (Å²) in [7, 11) is 0. The lowest BCUT2D eigenvalue weighted by Crippen LogP contribution is -2.33. The van der Waals surface area contributed by atoms with E-state index in [1.165, 1.54) is 0 Å². The van der Waals surface area contributed by atoms with Crippen molar-refractivity contribution in [1.82, 2.24) is 29.5 Å². The average molecular weight is 393 g/mol. The summed E-state index contributed by atoms with van der Waals surface area (Å²) < 4.78 is 1.57. The Morgan fingerprint density at radius 2 is 2.17 bits per heavy atom. The molecule has 0 saturated heterocycles. The molecule has 0 bridgehead atoms. The number of imidazole rings is 1. The summed E-state index contributed by atoms with van der Waals surface area (Å²) in [5.74, 6) is 0.275. The van der Waals surface area contributed by atoms with Crippen molar-refractivity contribution in [2.24, 2.45) is 4.99 Å². The number of nitrogens with zero attached hydrogens (tertiary/aromatic N) is 7. The molecule has 0 spiro atoms. The van der Waals surface area contributed by atoms with Crippen LogP contribution in [0.5, 0.6) is 5.88 Å². The second kappa shape index (κ2) is 6.73. The van der Waals surface area contributed by atoms with Crippen LogP contribution in [0.2, 0.25) is 0 Å². The minimum Gasteiger partial charge on any atom is -0.493 e. The first-order valence-electron chi connectivity index (χ1n) is 9.58. The highest BCUT2D eigenvalue weighted by Crippen LogP contribution is 2.29. The van der Waals surface area contributed by atoms with Gasteiger partial charge in [-0.15, -0.1) is 0 Å². The van der Waals surface area contributed by atoms with E-state index in [1.54, 1.807) is 16.8 Å². The molecule has 11 heteroatoms. The molecule has 3 heterocycles. The van der Waals surface area contributed by atoms with Crippen molar-refractivity contribution < 1.29 is 5.11 Å². The molecule has 0 unspecified atom stereocenters. The van der Waals surface area contributed by atoms with Gasteiger partial charge in [0.2, 0.25) is 11.8 Å². The number of hydrogen-bond donors (Lipinski definition) is 3. The van der Waals surface area contributed by atoms with E-state index < -0.39 is 5.69 Å². The largest absolute Gasteiger partial charge is 0.493 e. The first-order valence-corrected chi connectivity index (χ1v) is 9.58. The van der Waals surface area contributed by atoms with Crippen LogP contribution in [0.4, 0.5) is 5.95 Å². The lowest BCUT2D eigenvalue weighted by Gasteiger charge is -2.20. The van der Waals surface area contributed by atoms with E-state index in [-0.39, 0.29) is 17.6 Å². The number of nitriles is 1. The molecule has 3 N–H and O–H groups in total. The smallest absolute Gasteiger partial charge is 0.326 e. The molecule has 29 heavy (non-hydrogen) atoms. The fourth-order valence-electron chi connectivity index (χ4n) is 3.20. The fourth-order valence-corrected chi connectivity index (χ4v) is 3.20. The maximum Gasteiger partial charge on any atom is 0.326 e. The molecular formula is C18H19N9O2. The number of nitrogens with one attached hydrogen (secondary N) is 2. The summed E-state index contributed by atoms with van der Waals surface area (Å²) in [5, 5.41) is 23.9. The van der Waals surface area contributed by atoms with E-state index in [9.17, 15) is 9.90 Å². The number of fused-ring (bicyclic) bond motifs is 1. The average Bonchev–Trinajstić information content (AvgIpc) is 3.61. The molecule has 3 aromatic rings. The molecule has 2 saturated carbocycles. The molecule has 0 radical (unpaired) electrons. The highest BCUT2D eigenvalue weighted by Gasteiger charge is 2.31. The van der Waals surface area contributed by atoms with Crippen LogP contribution >= 0.6 is 0 Å². The third-order valence-electron chi connectivity index (χ3n) is 4.96. The summed E-state index contributed by atoms with van der Waals surface area (Å²) in [6, 6.07) is 2.76. The molecule has 11 nitrogen and oxygen atoms in total. The molecule has 3 aromatic heterocycles. The number of hydrogen-bond acceptors (Lipinski definition) is 8. The predicted molar refractivity (Wildman–Crippen MR) is 102 cm³/mol. The third-order valence-corrected chi connectivity index (χ3v) is 4.96. The van der Waals surface area contributed by atoms with Crippen LogP contribution in [-0.2, 0) is 0 Å². The SMILES string of the molecule is N#CCCN(c1nc(=NC2CC2)n2nc/c(=C\c3[nH]c(=O)[nH]c3O)c2n1)C1CC1. The van der Waals surface area contributed by atoms with Gasteiger partial charge in [0, 0.05) is 17.8 Å². The van der Waals surface area contributed by atoms with Gasteiger partial charge in [0.05, 0.1) is 24.7 Å². The van der Waals surface area contributed by atoms with Gasteiger partial charge in [-0.25, -0.2) is 9.79 Å². The second-order valence-corrected chi connectivity index (χ2v) is 7.34. The van der Waals surface area contributed by atoms with Gasteiger partial charge in [-0.1, -0.05) is 0 Å². The quantitative estimate of drug-likeness (QED) is 0.503. The van der Waals surface area contributed by atoms with Crippen molar-refractivity contribution in [2.45, 2.75) is 44.2 Å². The minimum absolute atomic E-state index is 0.245. The highest BCUT2D eigenvalue weighted by molar-refractivity contribution is 5.57. The van der Waals surface area contributed by atoms with E-state index in [0.29, 0.717) is 41.4 Å². The van der Waals surface area contributed by atoms with Crippen LogP contribution in [0, 0.1) is 11.3 Å². The third kappa shape index (κ3) is 3.44. The van der Waals surface area contributed by atoms with E-state index in [2.05, 4.69) is 36.0 Å². The first kappa shape index (κ1) is 17.4. The molecule has 5 rings (SSSR count). The lowest BCUT2D eigenvalue weighted by atomic mass is 10.3. The molecule has 0 atom stereocenters. The maximum absolute atomic E-state index is 11.4. The zero-order chi connectivity index (χ0) is 20.0. The van der Waals surface area contributed by atoms with E-state index in [0.717, 1.165) is 25.7 Å². The zero-order valence-corrected chi connectivity index (χ0v) is 15.5. The summed E-state index contributed by atoms with van der Waals surface area (Å²) in [5.41, 5.74) is 0.746. The van der Waals surface area contributed by atoms with E-state index >= 15 is 0 Å². The summed E-state index contributed by atoms with van der Waals surface area (Å²) in [6.07, 6.45) is 7.74. The van der Waals surface area contributed by atoms with Gasteiger partial charge in [0.15, 0.2) is 5.65 Å². The zero-order valence-electron chi connectivity index (χ0n) is 15.5. The van der Waals surface area contributed by atoms with Crippen molar-refractivity contribution in [3.05, 3.63) is 33.2 Å². The predicted octanol–water partition coefficient (Wildman–Crippen LogP) is -0.660. The number of aromatic nitrogens is 6. The van der Waals surface area contributed by atoms with Crippen LogP contribution in [0.25, 0.3) is 11.7 Å². The normalized spacial score (nSPS) is 17.8. The van der Waals surface area contributed by atoms with Gasteiger partial charge in [0.1, 0.15) is 5.69 Å². The monoisotopic (exact) mass is 393 g/mol. The molecule has 0 aliphatic heterocycles. The summed E-state index contributed by atoms with van der Waals surface area (Å²) in [6.45, 7) is 0.555. The Hall–Kier alpha value is -3.68. The Morgan fingerprint density at radius 1 is 1.34 bits per heavy atom.